The molecular formula is C18H19ClN2O3S. The number of sulfonamides is 1. The zero-order valence-electron chi connectivity index (χ0n) is 13.9. The summed E-state index contributed by atoms with van der Waals surface area (Å²) in [6, 6.07) is 12.2. The van der Waals surface area contributed by atoms with E-state index < -0.39 is 10.0 Å². The van der Waals surface area contributed by atoms with E-state index in [1.807, 2.05) is 30.3 Å². The maximum Gasteiger partial charge on any atom is 0.252 e. The third-order valence-corrected chi connectivity index (χ3v) is 6.14. The third-order valence-electron chi connectivity index (χ3n) is 4.01. The number of rotatable bonds is 4. The SMILES string of the molecule is CC(C)NS(=O)(=O)c1cc2c(cc1Cl)CC(c1ccccc1)NC2=O. The van der Waals surface area contributed by atoms with Crippen LogP contribution in [0.4, 0.5) is 0 Å². The third kappa shape index (κ3) is 3.71. The minimum absolute atomic E-state index is 0.0741. The van der Waals surface area contributed by atoms with Crippen LogP contribution >= 0.6 is 11.6 Å². The van der Waals surface area contributed by atoms with Gasteiger partial charge in [-0.3, -0.25) is 4.79 Å². The normalized spacial score (nSPS) is 17.3. The summed E-state index contributed by atoms with van der Waals surface area (Å²) in [6.07, 6.45) is 0.558. The summed E-state index contributed by atoms with van der Waals surface area (Å²) in [5, 5.41) is 3.05. The van der Waals surface area contributed by atoms with E-state index in [0.717, 1.165) is 11.1 Å². The first kappa shape index (κ1) is 17.9. The van der Waals surface area contributed by atoms with E-state index in [4.69, 9.17) is 11.6 Å². The minimum atomic E-state index is -3.77. The van der Waals surface area contributed by atoms with Crippen LogP contribution in [-0.4, -0.2) is 20.4 Å². The highest BCUT2D eigenvalue weighted by Crippen LogP contribution is 2.32. The molecule has 0 spiro atoms. The fourth-order valence-electron chi connectivity index (χ4n) is 2.95. The lowest BCUT2D eigenvalue weighted by atomic mass is 9.91. The zero-order chi connectivity index (χ0) is 18.2. The number of halogens is 1. The molecule has 0 aromatic heterocycles. The van der Waals surface area contributed by atoms with Crippen molar-refractivity contribution in [2.45, 2.75) is 37.2 Å². The Balaban J connectivity index is 2.00. The van der Waals surface area contributed by atoms with Gasteiger partial charge in [-0.25, -0.2) is 13.1 Å². The van der Waals surface area contributed by atoms with Gasteiger partial charge in [-0.05, 0) is 43.5 Å². The summed E-state index contributed by atoms with van der Waals surface area (Å²) in [4.78, 5) is 12.4. The van der Waals surface area contributed by atoms with Gasteiger partial charge in [0.2, 0.25) is 10.0 Å². The predicted octanol–water partition coefficient (Wildman–Crippen LogP) is 3.05. The van der Waals surface area contributed by atoms with Crippen LogP contribution in [0.15, 0.2) is 47.4 Å². The molecular weight excluding hydrogens is 360 g/mol. The average Bonchev–Trinajstić information content (AvgIpc) is 2.53. The second kappa shape index (κ2) is 6.78. The summed E-state index contributed by atoms with van der Waals surface area (Å²) in [7, 11) is -3.77. The molecule has 7 heteroatoms. The van der Waals surface area contributed by atoms with Crippen molar-refractivity contribution in [1.82, 2.24) is 10.0 Å². The quantitative estimate of drug-likeness (QED) is 0.858. The monoisotopic (exact) mass is 378 g/mol. The Hall–Kier alpha value is -1.89. The van der Waals surface area contributed by atoms with Crippen molar-refractivity contribution < 1.29 is 13.2 Å². The fraction of sp³-hybridized carbons (Fsp3) is 0.278. The van der Waals surface area contributed by atoms with Crippen LogP contribution in [-0.2, 0) is 16.4 Å². The lowest BCUT2D eigenvalue weighted by Gasteiger charge is -2.27. The molecule has 0 saturated carbocycles. The molecule has 3 rings (SSSR count). The number of amides is 1. The second-order valence-corrected chi connectivity index (χ2v) is 8.45. The predicted molar refractivity (Wildman–Crippen MR) is 97.3 cm³/mol. The largest absolute Gasteiger partial charge is 0.345 e. The van der Waals surface area contributed by atoms with Crippen molar-refractivity contribution >= 4 is 27.5 Å². The van der Waals surface area contributed by atoms with E-state index in [0.29, 0.717) is 12.0 Å². The summed E-state index contributed by atoms with van der Waals surface area (Å²) in [5.41, 5.74) is 2.09. The molecule has 25 heavy (non-hydrogen) atoms. The number of fused-ring (bicyclic) bond motifs is 1. The van der Waals surface area contributed by atoms with Crippen molar-refractivity contribution in [2.75, 3.05) is 0 Å². The topological polar surface area (TPSA) is 75.3 Å². The van der Waals surface area contributed by atoms with Gasteiger partial charge in [0.1, 0.15) is 4.90 Å². The summed E-state index contributed by atoms with van der Waals surface area (Å²) in [6.45, 7) is 3.45. The molecule has 2 N–H and O–H groups in total. The van der Waals surface area contributed by atoms with Crippen molar-refractivity contribution in [2.24, 2.45) is 0 Å². The molecule has 1 aliphatic rings. The molecule has 1 aliphatic heterocycles. The van der Waals surface area contributed by atoms with Crippen LogP contribution in [0.5, 0.6) is 0 Å². The second-order valence-electron chi connectivity index (χ2n) is 6.36. The molecule has 132 valence electrons. The highest BCUT2D eigenvalue weighted by Gasteiger charge is 2.29. The van der Waals surface area contributed by atoms with Crippen molar-refractivity contribution in [3.63, 3.8) is 0 Å². The Kier molecular flexibility index (Phi) is 4.86. The Morgan fingerprint density at radius 3 is 2.52 bits per heavy atom. The van der Waals surface area contributed by atoms with E-state index in [2.05, 4.69) is 10.0 Å². The first-order valence-corrected chi connectivity index (χ1v) is 9.84. The van der Waals surface area contributed by atoms with Crippen molar-refractivity contribution in [1.29, 1.82) is 0 Å². The molecule has 1 heterocycles. The molecule has 2 aromatic rings. The molecule has 0 fully saturated rings. The highest BCUT2D eigenvalue weighted by molar-refractivity contribution is 7.89. The Morgan fingerprint density at radius 1 is 1.20 bits per heavy atom. The van der Waals surface area contributed by atoms with E-state index in [1.54, 1.807) is 19.9 Å². The number of nitrogens with one attached hydrogen (secondary N) is 2. The minimum Gasteiger partial charge on any atom is -0.345 e. The first-order chi connectivity index (χ1) is 11.8. The van der Waals surface area contributed by atoms with Crippen molar-refractivity contribution in [3.05, 3.63) is 64.2 Å². The van der Waals surface area contributed by atoms with Crippen LogP contribution in [0.3, 0.4) is 0 Å². The van der Waals surface area contributed by atoms with E-state index in [9.17, 15) is 13.2 Å². The fourth-order valence-corrected chi connectivity index (χ4v) is 4.78. The van der Waals surface area contributed by atoms with Gasteiger partial charge in [0.25, 0.3) is 5.91 Å². The number of benzene rings is 2. The smallest absolute Gasteiger partial charge is 0.252 e. The number of hydrogen-bond donors (Lipinski definition) is 2. The number of carbonyl (C=O) groups is 1. The van der Waals surface area contributed by atoms with Gasteiger partial charge >= 0.3 is 0 Å². The van der Waals surface area contributed by atoms with Crippen LogP contribution in [0.25, 0.3) is 0 Å². The van der Waals surface area contributed by atoms with Crippen LogP contribution in [0.2, 0.25) is 5.02 Å². The first-order valence-electron chi connectivity index (χ1n) is 7.98. The molecule has 1 amide bonds. The summed E-state index contributed by atoms with van der Waals surface area (Å²) in [5.74, 6) is -0.298. The maximum atomic E-state index is 12.5. The van der Waals surface area contributed by atoms with Gasteiger partial charge in [0.05, 0.1) is 11.1 Å². The van der Waals surface area contributed by atoms with Gasteiger partial charge in [-0.1, -0.05) is 41.9 Å². The molecule has 2 aromatic carbocycles. The lowest BCUT2D eigenvalue weighted by molar-refractivity contribution is 0.0924. The summed E-state index contributed by atoms with van der Waals surface area (Å²) >= 11 is 6.22. The number of hydrogen-bond acceptors (Lipinski definition) is 3. The Labute approximate surface area is 152 Å². The number of carbonyl (C=O) groups excluding carboxylic acids is 1. The lowest BCUT2D eigenvalue weighted by Crippen LogP contribution is -2.36. The molecule has 1 unspecified atom stereocenters. The molecule has 0 saturated heterocycles. The van der Waals surface area contributed by atoms with Gasteiger partial charge < -0.3 is 5.32 Å². The Bertz CT molecular complexity index is 911. The van der Waals surface area contributed by atoms with Gasteiger partial charge in [-0.2, -0.15) is 0 Å². The van der Waals surface area contributed by atoms with Crippen LogP contribution in [0.1, 0.15) is 41.4 Å². The van der Waals surface area contributed by atoms with Crippen molar-refractivity contribution in [3.8, 4) is 0 Å². The Morgan fingerprint density at radius 2 is 1.88 bits per heavy atom. The summed E-state index contributed by atoms with van der Waals surface area (Å²) < 4.78 is 27.3. The van der Waals surface area contributed by atoms with Gasteiger partial charge in [-0.15, -0.1) is 0 Å². The molecule has 5 nitrogen and oxygen atoms in total. The molecule has 0 aliphatic carbocycles. The molecule has 1 atom stereocenters. The standard InChI is InChI=1S/C18H19ClN2O3S/c1-11(2)21-25(23,24)17-10-14-13(8-15(17)19)9-16(20-18(14)22)12-6-4-3-5-7-12/h3-8,10-11,16,21H,9H2,1-2H3,(H,20,22). The van der Waals surface area contributed by atoms with Gasteiger partial charge in [0.15, 0.2) is 0 Å². The van der Waals surface area contributed by atoms with E-state index in [1.165, 1.54) is 6.07 Å². The maximum absolute atomic E-state index is 12.5. The molecule has 0 radical (unpaired) electrons. The highest BCUT2D eigenvalue weighted by atomic mass is 35.5. The van der Waals surface area contributed by atoms with E-state index in [-0.39, 0.29) is 27.9 Å². The zero-order valence-corrected chi connectivity index (χ0v) is 15.5. The van der Waals surface area contributed by atoms with E-state index >= 15 is 0 Å². The average molecular weight is 379 g/mol. The van der Waals surface area contributed by atoms with Crippen LogP contribution < -0.4 is 10.0 Å². The van der Waals surface area contributed by atoms with Crippen LogP contribution in [0, 0.1) is 0 Å². The van der Waals surface area contributed by atoms with Gasteiger partial charge in [0, 0.05) is 11.6 Å². The molecule has 0 bridgehead atoms.